The van der Waals surface area contributed by atoms with Crippen LogP contribution in [0, 0.1) is 17.3 Å². The van der Waals surface area contributed by atoms with Gasteiger partial charge in [0.25, 0.3) is 0 Å². The molecule has 0 aromatic heterocycles. The lowest BCUT2D eigenvalue weighted by molar-refractivity contribution is 0.260. The molecule has 2 fully saturated rings. The van der Waals surface area contributed by atoms with Gasteiger partial charge in [-0.15, -0.1) is 11.6 Å². The minimum Gasteiger partial charge on any atom is -0.123 e. The second-order valence-electron chi connectivity index (χ2n) is 4.45. The second-order valence-corrected chi connectivity index (χ2v) is 5.01. The molecular formula is C9H15Cl. The first-order chi connectivity index (χ1) is 4.62. The van der Waals surface area contributed by atoms with Gasteiger partial charge in [0.1, 0.15) is 0 Å². The zero-order valence-electron chi connectivity index (χ0n) is 6.73. The van der Waals surface area contributed by atoms with Crippen LogP contribution >= 0.6 is 11.6 Å². The van der Waals surface area contributed by atoms with E-state index >= 15 is 0 Å². The van der Waals surface area contributed by atoms with Crippen LogP contribution in [0.2, 0.25) is 0 Å². The van der Waals surface area contributed by atoms with Gasteiger partial charge < -0.3 is 0 Å². The third-order valence-corrected chi connectivity index (χ3v) is 4.26. The Hall–Kier alpha value is 0.290. The van der Waals surface area contributed by atoms with Gasteiger partial charge in [-0.05, 0) is 36.5 Å². The zero-order valence-corrected chi connectivity index (χ0v) is 7.49. The zero-order chi connectivity index (χ0) is 7.35. The van der Waals surface area contributed by atoms with Crippen LogP contribution in [0.1, 0.15) is 33.1 Å². The maximum Gasteiger partial charge on any atom is 0.0372 e. The molecular weight excluding hydrogens is 144 g/mol. The van der Waals surface area contributed by atoms with Crippen LogP contribution in [0.5, 0.6) is 0 Å². The van der Waals surface area contributed by atoms with E-state index in [0.29, 0.717) is 10.8 Å². The monoisotopic (exact) mass is 158 g/mol. The van der Waals surface area contributed by atoms with Crippen LogP contribution < -0.4 is 0 Å². The first-order valence-electron chi connectivity index (χ1n) is 4.26. The summed E-state index contributed by atoms with van der Waals surface area (Å²) in [6.07, 6.45) is 4.09. The van der Waals surface area contributed by atoms with E-state index in [1.807, 2.05) is 0 Å². The Labute approximate surface area is 68.0 Å². The first-order valence-corrected chi connectivity index (χ1v) is 4.70. The number of rotatable bonds is 0. The Morgan fingerprint density at radius 1 is 1.30 bits per heavy atom. The van der Waals surface area contributed by atoms with E-state index in [2.05, 4.69) is 13.8 Å². The van der Waals surface area contributed by atoms with Crippen LogP contribution in [0.4, 0.5) is 0 Å². The number of halogens is 1. The van der Waals surface area contributed by atoms with Crippen LogP contribution in [0.25, 0.3) is 0 Å². The average molecular weight is 159 g/mol. The Morgan fingerprint density at radius 3 is 2.20 bits per heavy atom. The molecule has 0 heterocycles. The van der Waals surface area contributed by atoms with Crippen molar-refractivity contribution in [2.45, 2.75) is 38.5 Å². The smallest absolute Gasteiger partial charge is 0.0372 e. The molecule has 0 N–H and O–H groups in total. The van der Waals surface area contributed by atoms with Crippen molar-refractivity contribution in [1.82, 2.24) is 0 Å². The summed E-state index contributed by atoms with van der Waals surface area (Å²) < 4.78 is 0. The van der Waals surface area contributed by atoms with Crippen molar-refractivity contribution < 1.29 is 0 Å². The summed E-state index contributed by atoms with van der Waals surface area (Å²) in [6, 6.07) is 0. The predicted molar refractivity (Wildman–Crippen MR) is 44.3 cm³/mol. The molecule has 3 atom stereocenters. The summed E-state index contributed by atoms with van der Waals surface area (Å²) in [5.41, 5.74) is 0.562. The van der Waals surface area contributed by atoms with Crippen molar-refractivity contribution in [3.8, 4) is 0 Å². The van der Waals surface area contributed by atoms with Gasteiger partial charge in [0, 0.05) is 5.38 Å². The predicted octanol–water partition coefficient (Wildman–Crippen LogP) is 3.05. The second kappa shape index (κ2) is 1.91. The molecule has 10 heavy (non-hydrogen) atoms. The van der Waals surface area contributed by atoms with Gasteiger partial charge in [0.15, 0.2) is 0 Å². The highest BCUT2D eigenvalue weighted by atomic mass is 35.5. The number of fused-ring (bicyclic) bond motifs is 2. The molecule has 2 rings (SSSR count). The summed E-state index contributed by atoms with van der Waals surface area (Å²) in [5.74, 6) is 1.75. The van der Waals surface area contributed by atoms with Gasteiger partial charge in [0.2, 0.25) is 0 Å². The molecule has 0 aromatic rings. The lowest BCUT2D eigenvalue weighted by atomic mass is 9.82. The SMILES string of the molecule is CC1(C)[C@H]2CC[C@H]1[C@H](Cl)C2. The fourth-order valence-electron chi connectivity index (χ4n) is 2.93. The molecule has 2 aliphatic carbocycles. The Bertz CT molecular complexity index is 151. The molecule has 0 radical (unpaired) electrons. The summed E-state index contributed by atoms with van der Waals surface area (Å²) in [6.45, 7) is 4.77. The van der Waals surface area contributed by atoms with Gasteiger partial charge in [-0.2, -0.15) is 0 Å². The van der Waals surface area contributed by atoms with Crippen molar-refractivity contribution in [2.24, 2.45) is 17.3 Å². The molecule has 0 spiro atoms. The standard InChI is InChI=1S/C9H15Cl/c1-9(2)6-3-4-7(9)8(10)5-6/h6-8H,3-5H2,1-2H3/t6-,7-,8+/m0/s1. The molecule has 0 aliphatic heterocycles. The fraction of sp³-hybridized carbons (Fsp3) is 1.00. The lowest BCUT2D eigenvalue weighted by Gasteiger charge is -2.24. The Morgan fingerprint density at radius 2 is 2.00 bits per heavy atom. The van der Waals surface area contributed by atoms with Gasteiger partial charge in [0.05, 0.1) is 0 Å². The van der Waals surface area contributed by atoms with Gasteiger partial charge in [-0.25, -0.2) is 0 Å². The minimum atomic E-state index is 0.494. The van der Waals surface area contributed by atoms with Crippen molar-refractivity contribution in [3.05, 3.63) is 0 Å². The topological polar surface area (TPSA) is 0 Å². The highest BCUT2D eigenvalue weighted by Gasteiger charge is 2.52. The molecule has 2 bridgehead atoms. The summed E-state index contributed by atoms with van der Waals surface area (Å²) >= 11 is 6.19. The van der Waals surface area contributed by atoms with E-state index in [1.54, 1.807) is 0 Å². The number of hydrogen-bond acceptors (Lipinski definition) is 0. The third kappa shape index (κ3) is 0.689. The van der Waals surface area contributed by atoms with E-state index in [-0.39, 0.29) is 0 Å². The van der Waals surface area contributed by atoms with Crippen LogP contribution in [-0.2, 0) is 0 Å². The molecule has 1 heteroatoms. The van der Waals surface area contributed by atoms with Crippen LogP contribution in [-0.4, -0.2) is 5.38 Å². The van der Waals surface area contributed by atoms with Crippen molar-refractivity contribution in [1.29, 1.82) is 0 Å². The van der Waals surface area contributed by atoms with E-state index in [9.17, 15) is 0 Å². The number of alkyl halides is 1. The highest BCUT2D eigenvalue weighted by molar-refractivity contribution is 6.21. The summed E-state index contributed by atoms with van der Waals surface area (Å²) in [5, 5.41) is 0.494. The van der Waals surface area contributed by atoms with Crippen molar-refractivity contribution >= 4 is 11.6 Å². The Balaban J connectivity index is 2.27. The summed E-state index contributed by atoms with van der Waals surface area (Å²) in [4.78, 5) is 0. The third-order valence-electron chi connectivity index (χ3n) is 3.78. The van der Waals surface area contributed by atoms with E-state index in [0.717, 1.165) is 11.8 Å². The van der Waals surface area contributed by atoms with E-state index in [1.165, 1.54) is 19.3 Å². The van der Waals surface area contributed by atoms with E-state index in [4.69, 9.17) is 11.6 Å². The van der Waals surface area contributed by atoms with Crippen LogP contribution in [0.3, 0.4) is 0 Å². The van der Waals surface area contributed by atoms with Crippen LogP contribution in [0.15, 0.2) is 0 Å². The maximum atomic E-state index is 6.19. The molecule has 0 unspecified atom stereocenters. The quantitative estimate of drug-likeness (QED) is 0.476. The summed E-state index contributed by atoms with van der Waals surface area (Å²) in [7, 11) is 0. The molecule has 0 aromatic carbocycles. The molecule has 0 amide bonds. The van der Waals surface area contributed by atoms with Gasteiger partial charge >= 0.3 is 0 Å². The number of hydrogen-bond donors (Lipinski definition) is 0. The highest BCUT2D eigenvalue weighted by Crippen LogP contribution is 2.58. The largest absolute Gasteiger partial charge is 0.123 e. The van der Waals surface area contributed by atoms with Crippen molar-refractivity contribution in [2.75, 3.05) is 0 Å². The maximum absolute atomic E-state index is 6.19. The van der Waals surface area contributed by atoms with Gasteiger partial charge in [-0.3, -0.25) is 0 Å². The molecule has 0 nitrogen and oxygen atoms in total. The molecule has 0 saturated heterocycles. The Kier molecular flexibility index (Phi) is 1.33. The van der Waals surface area contributed by atoms with Gasteiger partial charge in [-0.1, -0.05) is 13.8 Å². The molecule has 2 aliphatic rings. The first kappa shape index (κ1) is 6.97. The molecule has 2 saturated carbocycles. The van der Waals surface area contributed by atoms with Crippen molar-refractivity contribution in [3.63, 3.8) is 0 Å². The fourth-order valence-corrected chi connectivity index (χ4v) is 3.60. The average Bonchev–Trinajstić information content (AvgIpc) is 2.20. The normalized spacial score (nSPS) is 50.1. The lowest BCUT2D eigenvalue weighted by Crippen LogP contribution is -2.19. The minimum absolute atomic E-state index is 0.494. The van der Waals surface area contributed by atoms with E-state index < -0.39 is 0 Å². The molecule has 58 valence electrons.